The number of fused-ring (bicyclic) bond motifs is 1. The van der Waals surface area contributed by atoms with Crippen molar-refractivity contribution in [2.75, 3.05) is 18.4 Å². The van der Waals surface area contributed by atoms with E-state index in [4.69, 9.17) is 0 Å². The first-order chi connectivity index (χ1) is 10.3. The molecule has 3 nitrogen and oxygen atoms in total. The molecule has 1 atom stereocenters. The fourth-order valence-electron chi connectivity index (χ4n) is 3.41. The second kappa shape index (κ2) is 5.19. The van der Waals surface area contributed by atoms with Gasteiger partial charge in [-0.05, 0) is 59.3 Å². The highest BCUT2D eigenvalue weighted by atomic mass is 32.1. The maximum Gasteiger partial charge on any atom is 0.254 e. The molecule has 2 aliphatic heterocycles. The molecule has 2 aromatic rings. The molecule has 108 valence electrons. The van der Waals surface area contributed by atoms with Crippen molar-refractivity contribution in [1.29, 1.82) is 0 Å². The number of carbonyl (C=O) groups excluding carboxylic acids is 1. The van der Waals surface area contributed by atoms with Gasteiger partial charge in [0.2, 0.25) is 0 Å². The molecule has 0 bridgehead atoms. The van der Waals surface area contributed by atoms with Crippen molar-refractivity contribution in [3.63, 3.8) is 0 Å². The van der Waals surface area contributed by atoms with Gasteiger partial charge < -0.3 is 10.2 Å². The van der Waals surface area contributed by atoms with Crippen LogP contribution in [0.2, 0.25) is 0 Å². The third-order valence-corrected chi connectivity index (χ3v) is 5.21. The Morgan fingerprint density at radius 2 is 2.29 bits per heavy atom. The third-order valence-electron chi connectivity index (χ3n) is 4.51. The lowest BCUT2D eigenvalue weighted by atomic mass is 10.1. The molecule has 21 heavy (non-hydrogen) atoms. The van der Waals surface area contributed by atoms with Crippen molar-refractivity contribution in [3.05, 3.63) is 51.7 Å². The Morgan fingerprint density at radius 1 is 1.33 bits per heavy atom. The summed E-state index contributed by atoms with van der Waals surface area (Å²) in [7, 11) is 0. The van der Waals surface area contributed by atoms with Crippen LogP contribution in [0.15, 0.2) is 35.0 Å². The molecule has 3 heterocycles. The average Bonchev–Trinajstić information content (AvgIpc) is 3.24. The maximum absolute atomic E-state index is 12.9. The molecule has 4 rings (SSSR count). The molecule has 1 aromatic carbocycles. The van der Waals surface area contributed by atoms with Crippen LogP contribution >= 0.6 is 11.3 Å². The Morgan fingerprint density at radius 3 is 3.14 bits per heavy atom. The van der Waals surface area contributed by atoms with Gasteiger partial charge in [-0.1, -0.05) is 6.07 Å². The number of hydrogen-bond acceptors (Lipinski definition) is 3. The highest BCUT2D eigenvalue weighted by Crippen LogP contribution is 2.34. The minimum absolute atomic E-state index is 0.167. The van der Waals surface area contributed by atoms with Crippen LogP contribution < -0.4 is 5.32 Å². The zero-order valence-corrected chi connectivity index (χ0v) is 12.7. The molecule has 4 heteroatoms. The maximum atomic E-state index is 12.9. The molecule has 1 N–H and O–H groups in total. The lowest BCUT2D eigenvalue weighted by Gasteiger charge is -2.24. The minimum Gasteiger partial charge on any atom is -0.384 e. The lowest BCUT2D eigenvalue weighted by Crippen LogP contribution is -2.30. The molecule has 0 radical (unpaired) electrons. The highest BCUT2D eigenvalue weighted by molar-refractivity contribution is 7.08. The number of benzene rings is 1. The molecule has 0 aliphatic carbocycles. The van der Waals surface area contributed by atoms with Crippen LogP contribution in [0.3, 0.4) is 0 Å². The fourth-order valence-corrected chi connectivity index (χ4v) is 4.12. The van der Waals surface area contributed by atoms with Crippen molar-refractivity contribution in [2.45, 2.75) is 25.3 Å². The second-order valence-electron chi connectivity index (χ2n) is 5.76. The van der Waals surface area contributed by atoms with Crippen LogP contribution in [0.1, 0.15) is 40.4 Å². The van der Waals surface area contributed by atoms with Gasteiger partial charge >= 0.3 is 0 Å². The highest BCUT2D eigenvalue weighted by Gasteiger charge is 2.31. The van der Waals surface area contributed by atoms with Crippen LogP contribution in [-0.2, 0) is 6.42 Å². The van der Waals surface area contributed by atoms with Crippen molar-refractivity contribution >= 4 is 22.9 Å². The van der Waals surface area contributed by atoms with E-state index in [1.807, 2.05) is 17.0 Å². The summed E-state index contributed by atoms with van der Waals surface area (Å²) in [5, 5.41) is 7.62. The molecule has 1 unspecified atom stereocenters. The van der Waals surface area contributed by atoms with Crippen LogP contribution in [0.25, 0.3) is 0 Å². The van der Waals surface area contributed by atoms with Crippen molar-refractivity contribution in [1.82, 2.24) is 4.90 Å². The normalized spacial score (nSPS) is 20.4. The molecule has 1 amide bonds. The van der Waals surface area contributed by atoms with E-state index < -0.39 is 0 Å². The monoisotopic (exact) mass is 298 g/mol. The molecule has 1 aromatic heterocycles. The van der Waals surface area contributed by atoms with E-state index in [9.17, 15) is 4.79 Å². The predicted molar refractivity (Wildman–Crippen MR) is 86.0 cm³/mol. The Kier molecular flexibility index (Phi) is 3.19. The Balaban J connectivity index is 1.62. The third kappa shape index (κ3) is 2.23. The largest absolute Gasteiger partial charge is 0.384 e. The van der Waals surface area contributed by atoms with Crippen molar-refractivity contribution < 1.29 is 4.79 Å². The van der Waals surface area contributed by atoms with Gasteiger partial charge in [-0.3, -0.25) is 4.79 Å². The topological polar surface area (TPSA) is 32.3 Å². The number of nitrogens with one attached hydrogen (secondary N) is 1. The van der Waals surface area contributed by atoms with E-state index in [1.54, 1.807) is 11.3 Å². The summed E-state index contributed by atoms with van der Waals surface area (Å²) in [5.74, 6) is 0.167. The smallest absolute Gasteiger partial charge is 0.254 e. The van der Waals surface area contributed by atoms with E-state index in [-0.39, 0.29) is 11.9 Å². The summed E-state index contributed by atoms with van der Waals surface area (Å²) in [4.78, 5) is 14.9. The van der Waals surface area contributed by atoms with Gasteiger partial charge in [0.25, 0.3) is 5.91 Å². The summed E-state index contributed by atoms with van der Waals surface area (Å²) in [6.07, 6.45) is 3.23. The van der Waals surface area contributed by atoms with Gasteiger partial charge in [-0.25, -0.2) is 0 Å². The summed E-state index contributed by atoms with van der Waals surface area (Å²) >= 11 is 1.70. The van der Waals surface area contributed by atoms with Gasteiger partial charge in [0, 0.05) is 24.3 Å². The van der Waals surface area contributed by atoms with E-state index in [0.717, 1.165) is 43.6 Å². The van der Waals surface area contributed by atoms with Gasteiger partial charge in [0.05, 0.1) is 6.04 Å². The van der Waals surface area contributed by atoms with Crippen LogP contribution in [-0.4, -0.2) is 23.9 Å². The number of nitrogens with zero attached hydrogens (tertiary/aromatic N) is 1. The summed E-state index contributed by atoms with van der Waals surface area (Å²) in [6.45, 7) is 1.85. The zero-order valence-electron chi connectivity index (χ0n) is 11.8. The van der Waals surface area contributed by atoms with Crippen LogP contribution in [0.4, 0.5) is 5.69 Å². The molecule has 0 saturated carbocycles. The SMILES string of the molecule is O=C(c1ccc2c(c1)NCC2)N1CCCC1c1ccsc1. The summed E-state index contributed by atoms with van der Waals surface area (Å²) in [6, 6.07) is 8.50. The second-order valence-corrected chi connectivity index (χ2v) is 6.54. The van der Waals surface area contributed by atoms with Crippen LogP contribution in [0, 0.1) is 0 Å². The minimum atomic E-state index is 0.167. The predicted octanol–water partition coefficient (Wildman–Crippen LogP) is 3.69. The first-order valence-corrected chi connectivity index (χ1v) is 8.47. The van der Waals surface area contributed by atoms with E-state index in [2.05, 4.69) is 28.2 Å². The number of hydrogen-bond donors (Lipinski definition) is 1. The molecule has 1 fully saturated rings. The fraction of sp³-hybridized carbons (Fsp3) is 0.353. The standard InChI is InChI=1S/C17H18N2OS/c20-17(13-4-3-12-5-7-18-15(12)10-13)19-8-1-2-16(19)14-6-9-21-11-14/h3-4,6,9-11,16,18H,1-2,5,7-8H2. The quantitative estimate of drug-likeness (QED) is 0.917. The summed E-state index contributed by atoms with van der Waals surface area (Å²) < 4.78 is 0. The molecule has 1 saturated heterocycles. The van der Waals surface area contributed by atoms with E-state index >= 15 is 0 Å². The van der Waals surface area contributed by atoms with Gasteiger partial charge in [0.15, 0.2) is 0 Å². The van der Waals surface area contributed by atoms with Gasteiger partial charge in [-0.2, -0.15) is 11.3 Å². The van der Waals surface area contributed by atoms with E-state index in [1.165, 1.54) is 11.1 Å². The van der Waals surface area contributed by atoms with Gasteiger partial charge in [-0.15, -0.1) is 0 Å². The van der Waals surface area contributed by atoms with Gasteiger partial charge in [0.1, 0.15) is 0 Å². The Hall–Kier alpha value is -1.81. The Labute approximate surface area is 128 Å². The number of rotatable bonds is 2. The average molecular weight is 298 g/mol. The first-order valence-electron chi connectivity index (χ1n) is 7.53. The van der Waals surface area contributed by atoms with E-state index in [0.29, 0.717) is 0 Å². The molecule has 2 aliphatic rings. The number of thiophene rings is 1. The summed E-state index contributed by atoms with van der Waals surface area (Å²) in [5.41, 5.74) is 4.55. The molecule has 0 spiro atoms. The van der Waals surface area contributed by atoms with Crippen LogP contribution in [0.5, 0.6) is 0 Å². The number of anilines is 1. The number of amides is 1. The first kappa shape index (κ1) is 12.9. The van der Waals surface area contributed by atoms with Crippen molar-refractivity contribution in [2.24, 2.45) is 0 Å². The number of likely N-dealkylation sites (tertiary alicyclic amines) is 1. The Bertz CT molecular complexity index is 665. The molecular formula is C17H18N2OS. The lowest BCUT2D eigenvalue weighted by molar-refractivity contribution is 0.0736. The zero-order chi connectivity index (χ0) is 14.2. The molecular weight excluding hydrogens is 280 g/mol. The number of carbonyl (C=O) groups is 1. The van der Waals surface area contributed by atoms with Crippen molar-refractivity contribution in [3.8, 4) is 0 Å².